The van der Waals surface area contributed by atoms with Crippen LogP contribution < -0.4 is 10.1 Å². The van der Waals surface area contributed by atoms with Crippen LogP contribution in [0.15, 0.2) is 48.5 Å². The fraction of sp³-hybridized carbons (Fsp3) is 0.158. The van der Waals surface area contributed by atoms with Crippen molar-refractivity contribution in [3.63, 3.8) is 0 Å². The van der Waals surface area contributed by atoms with Gasteiger partial charge in [0.1, 0.15) is 5.75 Å². The van der Waals surface area contributed by atoms with Gasteiger partial charge in [0.15, 0.2) is 6.61 Å². The number of hydrogen-bond acceptors (Lipinski definition) is 4. The first-order chi connectivity index (χ1) is 13.2. The molecule has 28 heavy (non-hydrogen) atoms. The molecule has 2 aromatic carbocycles. The van der Waals surface area contributed by atoms with Crippen molar-refractivity contribution in [3.8, 4) is 5.75 Å². The number of halogens is 4. The number of rotatable bonds is 6. The van der Waals surface area contributed by atoms with Crippen LogP contribution in [0.5, 0.6) is 5.75 Å². The number of hydrogen-bond donors (Lipinski definition) is 1. The van der Waals surface area contributed by atoms with E-state index in [-0.39, 0.29) is 0 Å². The predicted octanol–water partition coefficient (Wildman–Crippen LogP) is 4.56. The van der Waals surface area contributed by atoms with Crippen molar-refractivity contribution in [2.24, 2.45) is 0 Å². The number of carbonyl (C=O) groups is 2. The summed E-state index contributed by atoms with van der Waals surface area (Å²) in [5.74, 6) is -1.06. The maximum atomic E-state index is 12.5. The van der Waals surface area contributed by atoms with Crippen molar-refractivity contribution >= 4 is 35.2 Å². The van der Waals surface area contributed by atoms with Crippen molar-refractivity contribution in [2.75, 3.05) is 19.0 Å². The third-order valence-electron chi connectivity index (χ3n) is 3.43. The second-order valence-corrected chi connectivity index (χ2v) is 5.89. The van der Waals surface area contributed by atoms with Crippen molar-refractivity contribution < 1.29 is 32.2 Å². The van der Waals surface area contributed by atoms with Gasteiger partial charge in [-0.1, -0.05) is 23.7 Å². The molecule has 0 saturated heterocycles. The lowest BCUT2D eigenvalue weighted by Gasteiger charge is -2.10. The van der Waals surface area contributed by atoms with Gasteiger partial charge in [-0.05, 0) is 42.0 Å². The standard InChI is InChI=1S/C19H15ClF3NO4/c1-27-16-8-7-14(20)10-15(16)24-17(25)11-28-18(26)9-4-12-2-5-13(6-3-12)19(21,22)23/h2-10H,11H2,1H3,(H,24,25)/b9-4+. The van der Waals surface area contributed by atoms with E-state index >= 15 is 0 Å². The van der Waals surface area contributed by atoms with Gasteiger partial charge in [-0.15, -0.1) is 0 Å². The van der Waals surface area contributed by atoms with Crippen molar-refractivity contribution in [2.45, 2.75) is 6.18 Å². The normalized spacial score (nSPS) is 11.3. The Bertz CT molecular complexity index is 880. The van der Waals surface area contributed by atoms with Crippen molar-refractivity contribution in [1.29, 1.82) is 0 Å². The van der Waals surface area contributed by atoms with Crippen LogP contribution in [0, 0.1) is 0 Å². The summed E-state index contributed by atoms with van der Waals surface area (Å²) < 4.78 is 47.3. The minimum Gasteiger partial charge on any atom is -0.495 e. The summed E-state index contributed by atoms with van der Waals surface area (Å²) in [7, 11) is 1.42. The summed E-state index contributed by atoms with van der Waals surface area (Å²) in [6, 6.07) is 8.85. The highest BCUT2D eigenvalue weighted by Gasteiger charge is 2.29. The lowest BCUT2D eigenvalue weighted by molar-refractivity contribution is -0.142. The second kappa shape index (κ2) is 9.27. The van der Waals surface area contributed by atoms with Crippen LogP contribution in [-0.4, -0.2) is 25.6 Å². The van der Waals surface area contributed by atoms with Gasteiger partial charge in [-0.25, -0.2) is 4.79 Å². The van der Waals surface area contributed by atoms with Gasteiger partial charge in [0.05, 0.1) is 18.4 Å². The second-order valence-electron chi connectivity index (χ2n) is 5.45. The van der Waals surface area contributed by atoms with E-state index in [4.69, 9.17) is 21.1 Å². The third kappa shape index (κ3) is 6.31. The molecule has 2 rings (SSSR count). The first-order valence-electron chi connectivity index (χ1n) is 7.84. The maximum absolute atomic E-state index is 12.5. The molecule has 5 nitrogen and oxygen atoms in total. The van der Waals surface area contributed by atoms with Crippen LogP contribution >= 0.6 is 11.6 Å². The van der Waals surface area contributed by atoms with E-state index in [1.807, 2.05) is 0 Å². The van der Waals surface area contributed by atoms with Crippen molar-refractivity contribution in [1.82, 2.24) is 0 Å². The first kappa shape index (κ1) is 21.3. The summed E-state index contributed by atoms with van der Waals surface area (Å²) in [4.78, 5) is 23.5. The fourth-order valence-corrected chi connectivity index (χ4v) is 2.27. The van der Waals surface area contributed by atoms with Gasteiger partial charge in [-0.3, -0.25) is 4.79 Å². The average molecular weight is 414 g/mol. The van der Waals surface area contributed by atoms with Crippen LogP contribution in [0.4, 0.5) is 18.9 Å². The zero-order valence-corrected chi connectivity index (χ0v) is 15.3. The van der Waals surface area contributed by atoms with Crippen LogP contribution in [0.25, 0.3) is 6.08 Å². The molecule has 0 saturated carbocycles. The monoisotopic (exact) mass is 413 g/mol. The Kier molecular flexibility index (Phi) is 7.06. The van der Waals surface area contributed by atoms with E-state index in [1.165, 1.54) is 31.4 Å². The van der Waals surface area contributed by atoms with Crippen LogP contribution in [-0.2, 0) is 20.5 Å². The smallest absolute Gasteiger partial charge is 0.416 e. The number of amides is 1. The Hall–Kier alpha value is -3.00. The van der Waals surface area contributed by atoms with E-state index in [1.54, 1.807) is 12.1 Å². The minimum absolute atomic E-state index is 0.316. The summed E-state index contributed by atoms with van der Waals surface area (Å²) in [5, 5.41) is 2.88. The third-order valence-corrected chi connectivity index (χ3v) is 3.67. The zero-order chi connectivity index (χ0) is 20.7. The number of anilines is 1. The summed E-state index contributed by atoms with van der Waals surface area (Å²) in [6.45, 7) is -0.564. The molecule has 1 N–H and O–H groups in total. The topological polar surface area (TPSA) is 64.6 Å². The summed E-state index contributed by atoms with van der Waals surface area (Å²) >= 11 is 5.86. The number of nitrogens with one attached hydrogen (secondary N) is 1. The number of alkyl halides is 3. The first-order valence-corrected chi connectivity index (χ1v) is 8.22. The maximum Gasteiger partial charge on any atom is 0.416 e. The number of benzene rings is 2. The molecular formula is C19H15ClF3NO4. The SMILES string of the molecule is COc1ccc(Cl)cc1NC(=O)COC(=O)/C=C/c1ccc(C(F)(F)F)cc1. The highest BCUT2D eigenvalue weighted by Crippen LogP contribution is 2.29. The lowest BCUT2D eigenvalue weighted by atomic mass is 10.1. The van der Waals surface area contributed by atoms with Crippen LogP contribution in [0.3, 0.4) is 0 Å². The highest BCUT2D eigenvalue weighted by atomic mass is 35.5. The molecule has 0 aromatic heterocycles. The van der Waals surface area contributed by atoms with Gasteiger partial charge in [0.2, 0.25) is 0 Å². The van der Waals surface area contributed by atoms with Gasteiger partial charge in [0, 0.05) is 11.1 Å². The molecule has 0 aliphatic carbocycles. The van der Waals surface area contributed by atoms with Gasteiger partial charge < -0.3 is 14.8 Å². The molecule has 0 aliphatic rings. The molecule has 148 valence electrons. The molecule has 0 heterocycles. The molecule has 0 aliphatic heterocycles. The van der Waals surface area contributed by atoms with Crippen molar-refractivity contribution in [3.05, 3.63) is 64.7 Å². The van der Waals surface area contributed by atoms with E-state index in [0.29, 0.717) is 22.0 Å². The quantitative estimate of drug-likeness (QED) is 0.557. The molecule has 0 bridgehead atoms. The molecule has 0 fully saturated rings. The number of esters is 1. The molecule has 0 unspecified atom stereocenters. The van der Waals surface area contributed by atoms with Crippen LogP contribution in [0.2, 0.25) is 5.02 Å². The molecule has 1 amide bonds. The van der Waals surface area contributed by atoms with E-state index in [0.717, 1.165) is 18.2 Å². The highest BCUT2D eigenvalue weighted by molar-refractivity contribution is 6.31. The Morgan fingerprint density at radius 2 is 1.82 bits per heavy atom. The molecule has 9 heteroatoms. The van der Waals surface area contributed by atoms with Gasteiger partial charge in [0.25, 0.3) is 5.91 Å². The summed E-state index contributed by atoms with van der Waals surface area (Å²) in [6.07, 6.45) is -2.14. The minimum atomic E-state index is -4.43. The predicted molar refractivity (Wildman–Crippen MR) is 98.1 cm³/mol. The van der Waals surface area contributed by atoms with Gasteiger partial charge in [-0.2, -0.15) is 13.2 Å². The van der Waals surface area contributed by atoms with Crippen LogP contribution in [0.1, 0.15) is 11.1 Å². The molecule has 0 radical (unpaired) electrons. The zero-order valence-electron chi connectivity index (χ0n) is 14.5. The van der Waals surface area contributed by atoms with E-state index < -0.39 is 30.2 Å². The fourth-order valence-electron chi connectivity index (χ4n) is 2.10. The van der Waals surface area contributed by atoms with E-state index in [2.05, 4.69) is 5.32 Å². The summed E-state index contributed by atoms with van der Waals surface area (Å²) in [5.41, 5.74) is -0.102. The Morgan fingerprint density at radius 3 is 2.43 bits per heavy atom. The van der Waals surface area contributed by atoms with Gasteiger partial charge >= 0.3 is 12.1 Å². The lowest BCUT2D eigenvalue weighted by Crippen LogP contribution is -2.20. The largest absolute Gasteiger partial charge is 0.495 e. The average Bonchev–Trinajstić information content (AvgIpc) is 2.64. The number of carbonyl (C=O) groups excluding carboxylic acids is 2. The molecule has 0 spiro atoms. The Labute approximate surface area is 163 Å². The number of methoxy groups -OCH3 is 1. The Morgan fingerprint density at radius 1 is 1.14 bits per heavy atom. The molecular weight excluding hydrogens is 399 g/mol. The molecule has 0 atom stereocenters. The Balaban J connectivity index is 1.87. The van der Waals surface area contributed by atoms with E-state index in [9.17, 15) is 22.8 Å². The number of ether oxygens (including phenoxy) is 2. The molecule has 2 aromatic rings.